The number of rotatable bonds is 3. The van der Waals surface area contributed by atoms with E-state index in [1.807, 2.05) is 0 Å². The van der Waals surface area contributed by atoms with Crippen LogP contribution in [0.2, 0.25) is 0 Å². The van der Waals surface area contributed by atoms with Crippen LogP contribution < -0.4 is 5.32 Å². The molecule has 0 amide bonds. The maximum atomic E-state index is 5.41. The molecule has 94 valence electrons. The summed E-state index contributed by atoms with van der Waals surface area (Å²) in [7, 11) is 2.27. The van der Waals surface area contributed by atoms with Gasteiger partial charge in [-0.05, 0) is 45.2 Å². The summed E-state index contributed by atoms with van der Waals surface area (Å²) in [6, 6.07) is 1.45. The lowest BCUT2D eigenvalue weighted by Gasteiger charge is -2.36. The number of nitrogens with zero attached hydrogens (tertiary/aromatic N) is 1. The molecule has 2 unspecified atom stereocenters. The van der Waals surface area contributed by atoms with Crippen molar-refractivity contribution in [1.29, 1.82) is 0 Å². The zero-order valence-electron chi connectivity index (χ0n) is 10.7. The highest BCUT2D eigenvalue weighted by Gasteiger charge is 2.23. The van der Waals surface area contributed by atoms with E-state index in [2.05, 4.69) is 24.2 Å². The highest BCUT2D eigenvalue weighted by molar-refractivity contribution is 4.81. The fourth-order valence-corrected chi connectivity index (χ4v) is 2.98. The van der Waals surface area contributed by atoms with E-state index in [0.29, 0.717) is 6.04 Å². The highest BCUT2D eigenvalue weighted by Crippen LogP contribution is 2.18. The molecule has 0 bridgehead atoms. The maximum Gasteiger partial charge on any atom is 0.0480 e. The summed E-state index contributed by atoms with van der Waals surface area (Å²) in [5, 5.41) is 3.65. The molecule has 0 aliphatic carbocycles. The van der Waals surface area contributed by atoms with Crippen molar-refractivity contribution in [1.82, 2.24) is 10.2 Å². The second kappa shape index (κ2) is 5.99. The minimum atomic E-state index is 0.705. The summed E-state index contributed by atoms with van der Waals surface area (Å²) in [6.07, 6.45) is 5.10. The van der Waals surface area contributed by atoms with E-state index in [1.165, 1.54) is 38.8 Å². The second-order valence-electron chi connectivity index (χ2n) is 5.56. The van der Waals surface area contributed by atoms with Crippen molar-refractivity contribution in [3.63, 3.8) is 0 Å². The van der Waals surface area contributed by atoms with Crippen LogP contribution in [-0.4, -0.2) is 50.3 Å². The van der Waals surface area contributed by atoms with Crippen LogP contribution in [0.25, 0.3) is 0 Å². The lowest BCUT2D eigenvalue weighted by molar-refractivity contribution is 0.0383. The van der Waals surface area contributed by atoms with Crippen molar-refractivity contribution in [2.45, 2.75) is 44.7 Å². The first-order chi connectivity index (χ1) is 7.75. The normalized spacial score (nSPS) is 33.2. The fraction of sp³-hybridized carbons (Fsp3) is 1.00. The Morgan fingerprint density at radius 3 is 2.69 bits per heavy atom. The molecule has 0 saturated carbocycles. The van der Waals surface area contributed by atoms with E-state index in [0.717, 1.165) is 25.2 Å². The molecule has 2 fully saturated rings. The van der Waals surface area contributed by atoms with Crippen LogP contribution >= 0.6 is 0 Å². The molecule has 1 N–H and O–H groups in total. The van der Waals surface area contributed by atoms with Gasteiger partial charge in [-0.3, -0.25) is 0 Å². The molecule has 2 heterocycles. The Hall–Kier alpha value is -0.120. The van der Waals surface area contributed by atoms with Crippen molar-refractivity contribution in [2.24, 2.45) is 5.92 Å². The lowest BCUT2D eigenvalue weighted by Crippen LogP contribution is -2.48. The van der Waals surface area contributed by atoms with Crippen molar-refractivity contribution < 1.29 is 4.74 Å². The summed E-state index contributed by atoms with van der Waals surface area (Å²) in [4.78, 5) is 2.54. The second-order valence-corrected chi connectivity index (χ2v) is 5.56. The molecule has 2 rings (SSSR count). The summed E-state index contributed by atoms with van der Waals surface area (Å²) in [5.74, 6) is 0.898. The third-order valence-electron chi connectivity index (χ3n) is 4.08. The molecule has 3 nitrogen and oxygen atoms in total. The third-order valence-corrected chi connectivity index (χ3v) is 4.08. The molecule has 0 aromatic heterocycles. The fourth-order valence-electron chi connectivity index (χ4n) is 2.98. The topological polar surface area (TPSA) is 24.5 Å². The van der Waals surface area contributed by atoms with E-state index in [9.17, 15) is 0 Å². The molecule has 0 aromatic rings. The van der Waals surface area contributed by atoms with Gasteiger partial charge >= 0.3 is 0 Å². The quantitative estimate of drug-likeness (QED) is 0.789. The maximum absolute atomic E-state index is 5.41. The lowest BCUT2D eigenvalue weighted by atomic mass is 9.93. The third kappa shape index (κ3) is 3.44. The minimum Gasteiger partial charge on any atom is -0.381 e. The summed E-state index contributed by atoms with van der Waals surface area (Å²) in [6.45, 7) is 6.68. The Bertz CT molecular complexity index is 204. The van der Waals surface area contributed by atoms with Crippen LogP contribution in [0.15, 0.2) is 0 Å². The predicted octanol–water partition coefficient (Wildman–Crippen LogP) is 1.49. The zero-order chi connectivity index (χ0) is 11.4. The number of ether oxygens (including phenoxy) is 1. The molecule has 3 heteroatoms. The number of hydrogen-bond donors (Lipinski definition) is 1. The minimum absolute atomic E-state index is 0.705. The number of nitrogens with one attached hydrogen (secondary N) is 1. The molecule has 2 atom stereocenters. The van der Waals surface area contributed by atoms with Crippen LogP contribution in [0, 0.1) is 5.92 Å². The Morgan fingerprint density at radius 2 is 2.00 bits per heavy atom. The number of likely N-dealkylation sites (N-methyl/N-ethyl adjacent to an activating group) is 1. The van der Waals surface area contributed by atoms with Gasteiger partial charge in [0, 0.05) is 31.8 Å². The molecular formula is C13H26N2O. The first-order valence-electron chi connectivity index (χ1n) is 6.77. The van der Waals surface area contributed by atoms with Gasteiger partial charge in [0.05, 0.1) is 0 Å². The molecule has 2 saturated heterocycles. The first-order valence-corrected chi connectivity index (χ1v) is 6.77. The summed E-state index contributed by atoms with van der Waals surface area (Å²) >= 11 is 0. The van der Waals surface area contributed by atoms with Gasteiger partial charge in [0.1, 0.15) is 0 Å². The van der Waals surface area contributed by atoms with E-state index in [4.69, 9.17) is 4.74 Å². The molecule has 0 aromatic carbocycles. The largest absolute Gasteiger partial charge is 0.381 e. The summed E-state index contributed by atoms with van der Waals surface area (Å²) < 4.78 is 5.41. The Balaban J connectivity index is 1.74. The van der Waals surface area contributed by atoms with Crippen molar-refractivity contribution in [3.05, 3.63) is 0 Å². The standard InChI is InChI=1S/C13H26N2O/c1-11-3-6-14-12(9-11)10-15(2)13-4-7-16-8-5-13/h11-14H,3-10H2,1-2H3. The Labute approximate surface area is 99.5 Å². The first kappa shape index (κ1) is 12.3. The number of hydrogen-bond acceptors (Lipinski definition) is 3. The molecule has 16 heavy (non-hydrogen) atoms. The van der Waals surface area contributed by atoms with E-state index >= 15 is 0 Å². The molecule has 2 aliphatic heterocycles. The van der Waals surface area contributed by atoms with E-state index < -0.39 is 0 Å². The van der Waals surface area contributed by atoms with Gasteiger partial charge in [-0.2, -0.15) is 0 Å². The number of piperidine rings is 1. The van der Waals surface area contributed by atoms with Gasteiger partial charge in [0.15, 0.2) is 0 Å². The van der Waals surface area contributed by atoms with Crippen LogP contribution in [0.3, 0.4) is 0 Å². The highest BCUT2D eigenvalue weighted by atomic mass is 16.5. The SMILES string of the molecule is CC1CCNC(CN(C)C2CCOCC2)C1. The van der Waals surface area contributed by atoms with E-state index in [-0.39, 0.29) is 0 Å². The van der Waals surface area contributed by atoms with E-state index in [1.54, 1.807) is 0 Å². The summed E-state index contributed by atoms with van der Waals surface area (Å²) in [5.41, 5.74) is 0. The molecular weight excluding hydrogens is 200 g/mol. The molecule has 0 radical (unpaired) electrons. The smallest absolute Gasteiger partial charge is 0.0480 e. The van der Waals surface area contributed by atoms with Crippen molar-refractivity contribution in [3.8, 4) is 0 Å². The predicted molar refractivity (Wildman–Crippen MR) is 66.7 cm³/mol. The average Bonchev–Trinajstić information content (AvgIpc) is 2.30. The van der Waals surface area contributed by atoms with Gasteiger partial charge in [-0.15, -0.1) is 0 Å². The van der Waals surface area contributed by atoms with Crippen LogP contribution in [0.4, 0.5) is 0 Å². The monoisotopic (exact) mass is 226 g/mol. The van der Waals surface area contributed by atoms with Gasteiger partial charge < -0.3 is 15.0 Å². The van der Waals surface area contributed by atoms with Crippen LogP contribution in [-0.2, 0) is 4.74 Å². The molecule has 2 aliphatic rings. The van der Waals surface area contributed by atoms with Gasteiger partial charge in [0.25, 0.3) is 0 Å². The van der Waals surface area contributed by atoms with Gasteiger partial charge in [0.2, 0.25) is 0 Å². The Kier molecular flexibility index (Phi) is 4.62. The van der Waals surface area contributed by atoms with Gasteiger partial charge in [-0.1, -0.05) is 6.92 Å². The zero-order valence-corrected chi connectivity index (χ0v) is 10.7. The Morgan fingerprint density at radius 1 is 1.25 bits per heavy atom. The van der Waals surface area contributed by atoms with Crippen LogP contribution in [0.1, 0.15) is 32.6 Å². The average molecular weight is 226 g/mol. The van der Waals surface area contributed by atoms with Crippen molar-refractivity contribution in [2.75, 3.05) is 33.4 Å². The van der Waals surface area contributed by atoms with Crippen LogP contribution in [0.5, 0.6) is 0 Å². The molecule has 0 spiro atoms. The van der Waals surface area contributed by atoms with Gasteiger partial charge in [-0.25, -0.2) is 0 Å². The van der Waals surface area contributed by atoms with Crippen molar-refractivity contribution >= 4 is 0 Å².